The van der Waals surface area contributed by atoms with Gasteiger partial charge in [0.2, 0.25) is 0 Å². The van der Waals surface area contributed by atoms with Crippen LogP contribution < -0.4 is 11.3 Å². The van der Waals surface area contributed by atoms with Gasteiger partial charge >= 0.3 is 0 Å². The third-order valence-corrected chi connectivity index (χ3v) is 2.33. The number of nitrogens with two attached hydrogens (primary N) is 1. The molecule has 0 saturated carbocycles. The number of aromatic nitrogens is 2. The van der Waals surface area contributed by atoms with Gasteiger partial charge in [-0.2, -0.15) is 5.10 Å². The van der Waals surface area contributed by atoms with Gasteiger partial charge in [-0.15, -0.1) is 0 Å². The molecule has 2 aromatic rings. The highest BCUT2D eigenvalue weighted by molar-refractivity contribution is 5.75. The van der Waals surface area contributed by atoms with Crippen LogP contribution in [0.4, 0.5) is 5.69 Å². The molecular formula is C11H11N3O2. The molecule has 0 unspecified atom stereocenters. The van der Waals surface area contributed by atoms with Crippen LogP contribution in [0.1, 0.15) is 0 Å². The second-order valence-electron chi connectivity index (χ2n) is 3.45. The van der Waals surface area contributed by atoms with Gasteiger partial charge in [0.15, 0.2) is 0 Å². The Hall–Kier alpha value is -2.30. The van der Waals surface area contributed by atoms with E-state index in [9.17, 15) is 9.90 Å². The first-order chi connectivity index (χ1) is 7.59. The van der Waals surface area contributed by atoms with Crippen LogP contribution in [0.5, 0.6) is 5.75 Å². The standard InChI is InChI=1S/C11H11N3O2/c1-14-11(16)10(12)9(6-13-14)7-3-2-4-8(15)5-7/h2-6,15H,12H2,1H3. The quantitative estimate of drug-likeness (QED) is 0.738. The fourth-order valence-corrected chi connectivity index (χ4v) is 1.46. The minimum Gasteiger partial charge on any atom is -0.508 e. The summed E-state index contributed by atoms with van der Waals surface area (Å²) in [6.07, 6.45) is 1.51. The highest BCUT2D eigenvalue weighted by atomic mass is 16.3. The van der Waals surface area contributed by atoms with Gasteiger partial charge in [0.05, 0.1) is 6.20 Å². The van der Waals surface area contributed by atoms with E-state index >= 15 is 0 Å². The highest BCUT2D eigenvalue weighted by Gasteiger charge is 2.08. The zero-order valence-corrected chi connectivity index (χ0v) is 8.71. The molecule has 82 valence electrons. The predicted molar refractivity (Wildman–Crippen MR) is 61.0 cm³/mol. The van der Waals surface area contributed by atoms with Crippen molar-refractivity contribution in [2.75, 3.05) is 5.73 Å². The molecule has 1 aromatic heterocycles. The number of benzene rings is 1. The van der Waals surface area contributed by atoms with Crippen LogP contribution in [0.3, 0.4) is 0 Å². The molecule has 0 amide bonds. The van der Waals surface area contributed by atoms with E-state index in [-0.39, 0.29) is 17.0 Å². The van der Waals surface area contributed by atoms with Crippen molar-refractivity contribution in [1.29, 1.82) is 0 Å². The first kappa shape index (κ1) is 10.2. The van der Waals surface area contributed by atoms with Crippen LogP contribution in [0.2, 0.25) is 0 Å². The Morgan fingerprint density at radius 2 is 2.19 bits per heavy atom. The SMILES string of the molecule is Cn1ncc(-c2cccc(O)c2)c(N)c1=O. The Labute approximate surface area is 91.8 Å². The molecule has 0 saturated heterocycles. The van der Waals surface area contributed by atoms with Gasteiger partial charge in [-0.05, 0) is 17.7 Å². The lowest BCUT2D eigenvalue weighted by molar-refractivity contribution is 0.475. The van der Waals surface area contributed by atoms with E-state index in [0.717, 1.165) is 0 Å². The number of hydrogen-bond acceptors (Lipinski definition) is 4. The molecule has 2 rings (SSSR count). The minimum atomic E-state index is -0.346. The van der Waals surface area contributed by atoms with Crippen LogP contribution in [0.25, 0.3) is 11.1 Å². The minimum absolute atomic E-state index is 0.123. The number of anilines is 1. The van der Waals surface area contributed by atoms with E-state index < -0.39 is 0 Å². The first-order valence-electron chi connectivity index (χ1n) is 4.71. The normalized spacial score (nSPS) is 10.3. The summed E-state index contributed by atoms with van der Waals surface area (Å²) < 4.78 is 1.17. The van der Waals surface area contributed by atoms with Crippen molar-refractivity contribution < 1.29 is 5.11 Å². The van der Waals surface area contributed by atoms with Gasteiger partial charge in [-0.1, -0.05) is 12.1 Å². The zero-order valence-electron chi connectivity index (χ0n) is 8.71. The maximum Gasteiger partial charge on any atom is 0.290 e. The summed E-state index contributed by atoms with van der Waals surface area (Å²) in [6, 6.07) is 6.52. The van der Waals surface area contributed by atoms with Crippen LogP contribution >= 0.6 is 0 Å². The summed E-state index contributed by atoms with van der Waals surface area (Å²) in [5.74, 6) is 0.123. The fourth-order valence-electron chi connectivity index (χ4n) is 1.46. The van der Waals surface area contributed by atoms with Crippen molar-refractivity contribution in [3.63, 3.8) is 0 Å². The molecule has 3 N–H and O–H groups in total. The Kier molecular flexibility index (Phi) is 2.36. The van der Waals surface area contributed by atoms with Gasteiger partial charge in [0, 0.05) is 12.6 Å². The van der Waals surface area contributed by atoms with Crippen molar-refractivity contribution in [3.05, 3.63) is 40.8 Å². The summed E-state index contributed by atoms with van der Waals surface area (Å²) in [6.45, 7) is 0. The fraction of sp³-hybridized carbons (Fsp3) is 0.0909. The smallest absolute Gasteiger partial charge is 0.290 e. The molecule has 5 nitrogen and oxygen atoms in total. The summed E-state index contributed by atoms with van der Waals surface area (Å²) in [7, 11) is 1.53. The highest BCUT2D eigenvalue weighted by Crippen LogP contribution is 2.25. The molecule has 0 spiro atoms. The van der Waals surface area contributed by atoms with E-state index in [0.29, 0.717) is 11.1 Å². The number of nitrogen functional groups attached to an aromatic ring is 1. The lowest BCUT2D eigenvalue weighted by Crippen LogP contribution is -2.22. The summed E-state index contributed by atoms with van der Waals surface area (Å²) >= 11 is 0. The number of phenolic OH excluding ortho intramolecular Hbond substituents is 1. The monoisotopic (exact) mass is 217 g/mol. The number of rotatable bonds is 1. The van der Waals surface area contributed by atoms with Crippen molar-refractivity contribution in [2.45, 2.75) is 0 Å². The third-order valence-electron chi connectivity index (χ3n) is 2.33. The zero-order chi connectivity index (χ0) is 11.7. The average Bonchev–Trinajstić information content (AvgIpc) is 2.26. The van der Waals surface area contributed by atoms with E-state index in [4.69, 9.17) is 5.73 Å². The van der Waals surface area contributed by atoms with E-state index in [2.05, 4.69) is 5.10 Å². The van der Waals surface area contributed by atoms with E-state index in [1.54, 1.807) is 18.2 Å². The Morgan fingerprint density at radius 3 is 2.88 bits per heavy atom. The summed E-state index contributed by atoms with van der Waals surface area (Å²) in [5, 5.41) is 13.2. The van der Waals surface area contributed by atoms with E-state index in [1.807, 2.05) is 0 Å². The van der Waals surface area contributed by atoms with Gasteiger partial charge in [0.1, 0.15) is 11.4 Å². The van der Waals surface area contributed by atoms with Crippen molar-refractivity contribution in [2.24, 2.45) is 7.05 Å². The van der Waals surface area contributed by atoms with Crippen LogP contribution in [-0.2, 0) is 7.05 Å². The molecule has 0 bridgehead atoms. The number of aromatic hydroxyl groups is 1. The second kappa shape index (κ2) is 3.69. The molecule has 0 aliphatic carbocycles. The number of aryl methyl sites for hydroxylation is 1. The number of phenols is 1. The topological polar surface area (TPSA) is 81.1 Å². The van der Waals surface area contributed by atoms with Gasteiger partial charge in [-0.25, -0.2) is 4.68 Å². The molecule has 0 fully saturated rings. The summed E-state index contributed by atoms with van der Waals surface area (Å²) in [4.78, 5) is 11.6. The van der Waals surface area contributed by atoms with Crippen LogP contribution in [-0.4, -0.2) is 14.9 Å². The van der Waals surface area contributed by atoms with Gasteiger partial charge < -0.3 is 10.8 Å². The molecular weight excluding hydrogens is 206 g/mol. The number of hydrogen-bond donors (Lipinski definition) is 2. The Bertz CT molecular complexity index is 590. The first-order valence-corrected chi connectivity index (χ1v) is 4.71. The Balaban J connectivity index is 2.66. The molecule has 0 radical (unpaired) electrons. The largest absolute Gasteiger partial charge is 0.508 e. The van der Waals surface area contributed by atoms with Crippen LogP contribution in [0, 0.1) is 0 Å². The molecule has 0 aliphatic rings. The summed E-state index contributed by atoms with van der Waals surface area (Å²) in [5.41, 5.74) is 6.69. The second-order valence-corrected chi connectivity index (χ2v) is 3.45. The maximum absolute atomic E-state index is 11.6. The van der Waals surface area contributed by atoms with Crippen molar-refractivity contribution >= 4 is 5.69 Å². The molecule has 0 atom stereocenters. The van der Waals surface area contributed by atoms with Crippen molar-refractivity contribution in [3.8, 4) is 16.9 Å². The average molecular weight is 217 g/mol. The van der Waals surface area contributed by atoms with Gasteiger partial charge in [0.25, 0.3) is 5.56 Å². The third kappa shape index (κ3) is 1.63. The molecule has 1 aromatic carbocycles. The molecule has 5 heteroatoms. The molecule has 1 heterocycles. The van der Waals surface area contributed by atoms with Crippen LogP contribution in [0.15, 0.2) is 35.3 Å². The molecule has 16 heavy (non-hydrogen) atoms. The molecule has 0 aliphatic heterocycles. The van der Waals surface area contributed by atoms with Crippen molar-refractivity contribution in [1.82, 2.24) is 9.78 Å². The lowest BCUT2D eigenvalue weighted by Gasteiger charge is -2.06. The Morgan fingerprint density at radius 1 is 1.44 bits per heavy atom. The van der Waals surface area contributed by atoms with E-state index in [1.165, 1.54) is 24.0 Å². The maximum atomic E-state index is 11.6. The lowest BCUT2D eigenvalue weighted by atomic mass is 10.1. The van der Waals surface area contributed by atoms with Gasteiger partial charge in [-0.3, -0.25) is 4.79 Å². The number of nitrogens with zero attached hydrogens (tertiary/aromatic N) is 2. The predicted octanol–water partition coefficient (Wildman–Crippen LogP) is 0.735.